The van der Waals surface area contributed by atoms with Crippen molar-refractivity contribution in [2.45, 2.75) is 44.1 Å². The van der Waals surface area contributed by atoms with E-state index in [-0.39, 0.29) is 36.3 Å². The van der Waals surface area contributed by atoms with E-state index in [1.807, 2.05) is 7.05 Å². The third-order valence-electron chi connectivity index (χ3n) is 4.67. The molecule has 2 fully saturated rings. The SMILES string of the molecule is CNCCC(=O)NCC1(N2CCCCC2)CCOCC1.Cl.Cl. The van der Waals surface area contributed by atoms with Crippen LogP contribution in [0.3, 0.4) is 0 Å². The summed E-state index contributed by atoms with van der Waals surface area (Å²) >= 11 is 0. The Labute approximate surface area is 146 Å². The molecule has 2 N–H and O–H groups in total. The van der Waals surface area contributed by atoms with Crippen molar-refractivity contribution < 1.29 is 9.53 Å². The zero-order valence-electron chi connectivity index (χ0n) is 13.6. The number of hydrogen-bond donors (Lipinski definition) is 2. The largest absolute Gasteiger partial charge is 0.381 e. The molecule has 0 aromatic rings. The molecule has 2 rings (SSSR count). The topological polar surface area (TPSA) is 53.6 Å². The van der Waals surface area contributed by atoms with E-state index in [4.69, 9.17) is 4.74 Å². The monoisotopic (exact) mass is 355 g/mol. The molecule has 0 radical (unpaired) electrons. The number of halogens is 2. The molecule has 2 aliphatic heterocycles. The van der Waals surface area contributed by atoms with Gasteiger partial charge in [-0.25, -0.2) is 0 Å². The minimum Gasteiger partial charge on any atom is -0.381 e. The van der Waals surface area contributed by atoms with E-state index in [1.54, 1.807) is 0 Å². The molecule has 0 atom stereocenters. The lowest BCUT2D eigenvalue weighted by Gasteiger charge is -2.48. The first kappa shape index (κ1) is 21.9. The standard InChI is InChI=1S/C15H29N3O2.2ClH/c1-16-8-5-14(19)17-13-15(6-11-20-12-7-15)18-9-3-2-4-10-18;;/h16H,2-13H2,1H3,(H,17,19);2*1H. The Balaban J connectivity index is 0.00000220. The molecule has 2 heterocycles. The second-order valence-corrected chi connectivity index (χ2v) is 6.01. The first-order chi connectivity index (χ1) is 9.77. The highest BCUT2D eigenvalue weighted by atomic mass is 35.5. The Morgan fingerprint density at radius 2 is 1.77 bits per heavy atom. The van der Waals surface area contributed by atoms with E-state index in [0.717, 1.165) is 39.1 Å². The Morgan fingerprint density at radius 3 is 2.36 bits per heavy atom. The summed E-state index contributed by atoms with van der Waals surface area (Å²) in [4.78, 5) is 14.5. The second-order valence-electron chi connectivity index (χ2n) is 6.01. The predicted octanol–water partition coefficient (Wildman–Crippen LogP) is 1.59. The molecule has 0 aromatic heterocycles. The van der Waals surface area contributed by atoms with Gasteiger partial charge in [0, 0.05) is 38.3 Å². The van der Waals surface area contributed by atoms with Gasteiger partial charge in [-0.15, -0.1) is 24.8 Å². The van der Waals surface area contributed by atoms with Crippen molar-refractivity contribution in [2.24, 2.45) is 0 Å². The van der Waals surface area contributed by atoms with Crippen molar-refractivity contribution >= 4 is 30.7 Å². The van der Waals surface area contributed by atoms with Gasteiger partial charge in [0.15, 0.2) is 0 Å². The Kier molecular flexibility index (Phi) is 11.4. The van der Waals surface area contributed by atoms with E-state index in [2.05, 4.69) is 15.5 Å². The van der Waals surface area contributed by atoms with Crippen LogP contribution in [0.25, 0.3) is 0 Å². The number of likely N-dealkylation sites (tertiary alicyclic amines) is 1. The number of carbonyl (C=O) groups is 1. The number of hydrogen-bond acceptors (Lipinski definition) is 4. The maximum absolute atomic E-state index is 11.9. The van der Waals surface area contributed by atoms with Gasteiger partial charge < -0.3 is 15.4 Å². The molecular formula is C15H31Cl2N3O2. The van der Waals surface area contributed by atoms with Crippen molar-refractivity contribution in [2.75, 3.05) is 46.4 Å². The van der Waals surface area contributed by atoms with E-state index >= 15 is 0 Å². The van der Waals surface area contributed by atoms with Crippen molar-refractivity contribution in [1.29, 1.82) is 0 Å². The van der Waals surface area contributed by atoms with Crippen LogP contribution in [0.15, 0.2) is 0 Å². The number of amides is 1. The van der Waals surface area contributed by atoms with Crippen LogP contribution in [0.2, 0.25) is 0 Å². The van der Waals surface area contributed by atoms with Gasteiger partial charge in [0.2, 0.25) is 5.91 Å². The minimum atomic E-state index is 0. The van der Waals surface area contributed by atoms with Crippen LogP contribution in [0.4, 0.5) is 0 Å². The van der Waals surface area contributed by atoms with Crippen molar-refractivity contribution in [3.05, 3.63) is 0 Å². The molecular weight excluding hydrogens is 325 g/mol. The molecule has 22 heavy (non-hydrogen) atoms. The molecule has 0 spiro atoms. The Hall–Kier alpha value is -0.0700. The molecule has 5 nitrogen and oxygen atoms in total. The fourth-order valence-electron chi connectivity index (χ4n) is 3.31. The van der Waals surface area contributed by atoms with Gasteiger partial charge in [0.1, 0.15) is 0 Å². The highest BCUT2D eigenvalue weighted by molar-refractivity contribution is 5.85. The third kappa shape index (κ3) is 6.20. The van der Waals surface area contributed by atoms with Crippen LogP contribution < -0.4 is 10.6 Å². The van der Waals surface area contributed by atoms with Gasteiger partial charge in [-0.2, -0.15) is 0 Å². The van der Waals surface area contributed by atoms with Gasteiger partial charge in [-0.3, -0.25) is 9.69 Å². The number of rotatable bonds is 6. The maximum Gasteiger partial charge on any atom is 0.221 e. The van der Waals surface area contributed by atoms with E-state index in [1.165, 1.54) is 32.4 Å². The maximum atomic E-state index is 11.9. The molecule has 0 bridgehead atoms. The minimum absolute atomic E-state index is 0. The molecule has 0 saturated carbocycles. The summed E-state index contributed by atoms with van der Waals surface area (Å²) in [6, 6.07) is 0. The fraction of sp³-hybridized carbons (Fsp3) is 0.933. The first-order valence-electron chi connectivity index (χ1n) is 8.01. The molecule has 7 heteroatoms. The fourth-order valence-corrected chi connectivity index (χ4v) is 3.31. The zero-order valence-corrected chi connectivity index (χ0v) is 15.2. The lowest BCUT2D eigenvalue weighted by atomic mass is 9.86. The summed E-state index contributed by atoms with van der Waals surface area (Å²) in [6.07, 6.45) is 6.56. The lowest BCUT2D eigenvalue weighted by molar-refractivity contribution is -0.122. The highest BCUT2D eigenvalue weighted by Gasteiger charge is 2.38. The quantitative estimate of drug-likeness (QED) is 0.759. The third-order valence-corrected chi connectivity index (χ3v) is 4.67. The summed E-state index contributed by atoms with van der Waals surface area (Å²) in [6.45, 7) is 5.51. The van der Waals surface area contributed by atoms with Crippen LogP contribution in [0, 0.1) is 0 Å². The summed E-state index contributed by atoms with van der Waals surface area (Å²) in [5.74, 6) is 0.155. The normalized spacial score (nSPS) is 21.3. The van der Waals surface area contributed by atoms with Gasteiger partial charge >= 0.3 is 0 Å². The molecule has 0 unspecified atom stereocenters. The van der Waals surface area contributed by atoms with Gasteiger partial charge in [0.05, 0.1) is 0 Å². The summed E-state index contributed by atoms with van der Waals surface area (Å²) in [5, 5.41) is 6.17. The summed E-state index contributed by atoms with van der Waals surface area (Å²) in [5.41, 5.74) is 0.133. The Bertz CT molecular complexity index is 307. The predicted molar refractivity (Wildman–Crippen MR) is 94.3 cm³/mol. The molecule has 0 aromatic carbocycles. The van der Waals surface area contributed by atoms with E-state index in [0.29, 0.717) is 6.42 Å². The van der Waals surface area contributed by atoms with Gasteiger partial charge in [-0.05, 0) is 45.8 Å². The average molecular weight is 356 g/mol. The van der Waals surface area contributed by atoms with Crippen molar-refractivity contribution in [1.82, 2.24) is 15.5 Å². The van der Waals surface area contributed by atoms with E-state index < -0.39 is 0 Å². The number of nitrogens with zero attached hydrogens (tertiary/aromatic N) is 1. The molecule has 2 aliphatic rings. The van der Waals surface area contributed by atoms with Crippen molar-refractivity contribution in [3.63, 3.8) is 0 Å². The molecule has 0 aliphatic carbocycles. The second kappa shape index (κ2) is 11.5. The van der Waals surface area contributed by atoms with Crippen LogP contribution >= 0.6 is 24.8 Å². The average Bonchev–Trinajstić information content (AvgIpc) is 2.52. The molecule has 132 valence electrons. The van der Waals surface area contributed by atoms with E-state index in [9.17, 15) is 4.79 Å². The van der Waals surface area contributed by atoms with Crippen LogP contribution in [0.1, 0.15) is 38.5 Å². The van der Waals surface area contributed by atoms with Crippen LogP contribution in [0.5, 0.6) is 0 Å². The Morgan fingerprint density at radius 1 is 1.14 bits per heavy atom. The number of carbonyl (C=O) groups excluding carboxylic acids is 1. The molecule has 2 saturated heterocycles. The number of ether oxygens (including phenoxy) is 1. The lowest BCUT2D eigenvalue weighted by Crippen LogP contribution is -2.59. The van der Waals surface area contributed by atoms with Crippen LogP contribution in [-0.4, -0.2) is 62.8 Å². The zero-order chi connectivity index (χ0) is 14.3. The van der Waals surface area contributed by atoms with Gasteiger partial charge in [0.25, 0.3) is 0 Å². The summed E-state index contributed by atoms with van der Waals surface area (Å²) in [7, 11) is 1.88. The number of piperidine rings is 1. The first-order valence-corrected chi connectivity index (χ1v) is 8.01. The van der Waals surface area contributed by atoms with Gasteiger partial charge in [-0.1, -0.05) is 6.42 Å². The van der Waals surface area contributed by atoms with Crippen molar-refractivity contribution in [3.8, 4) is 0 Å². The molecule has 1 amide bonds. The summed E-state index contributed by atoms with van der Waals surface area (Å²) < 4.78 is 5.54. The smallest absolute Gasteiger partial charge is 0.221 e. The number of nitrogens with one attached hydrogen (secondary N) is 2. The highest BCUT2D eigenvalue weighted by Crippen LogP contribution is 2.30. The van der Waals surface area contributed by atoms with Crippen LogP contribution in [-0.2, 0) is 9.53 Å².